The molecule has 70 valence electrons. The van der Waals surface area contributed by atoms with Crippen LogP contribution in [0, 0.1) is 5.92 Å². The molecule has 0 bridgehead atoms. The Morgan fingerprint density at radius 3 is 2.25 bits per heavy atom. The molecule has 0 aliphatic carbocycles. The van der Waals surface area contributed by atoms with Crippen molar-refractivity contribution >= 4 is 0 Å². The number of hydrogen-bond acceptors (Lipinski definition) is 1. The van der Waals surface area contributed by atoms with Gasteiger partial charge in [0.15, 0.2) is 0 Å². The van der Waals surface area contributed by atoms with Gasteiger partial charge >= 0.3 is 6.18 Å². The molecule has 0 aromatic carbocycles. The quantitative estimate of drug-likeness (QED) is 0.479. The van der Waals surface area contributed by atoms with Gasteiger partial charge in [0.2, 0.25) is 0 Å². The second-order valence-corrected chi connectivity index (χ2v) is 2.27. The van der Waals surface area contributed by atoms with Gasteiger partial charge in [-0.15, -0.1) is 0 Å². The number of halogens is 3. The van der Waals surface area contributed by atoms with Crippen LogP contribution in [0.15, 0.2) is 24.5 Å². The summed E-state index contributed by atoms with van der Waals surface area (Å²) in [6.45, 7) is 4.33. The van der Waals surface area contributed by atoms with E-state index in [0.29, 0.717) is 0 Å². The van der Waals surface area contributed by atoms with E-state index >= 15 is 0 Å². The lowest BCUT2D eigenvalue weighted by Crippen LogP contribution is -2.22. The molecule has 0 N–H and O–H groups in total. The molecule has 1 atom stereocenters. The summed E-state index contributed by atoms with van der Waals surface area (Å²) in [5.74, 6) is -1.71. The molecule has 0 saturated heterocycles. The highest BCUT2D eigenvalue weighted by atomic mass is 19.4. The third kappa shape index (κ3) is 2.98. The molecule has 0 aromatic rings. The SMILES string of the molecule is C=C/C=C(\OC)C(C)C(F)(F)F. The predicted octanol–water partition coefficient (Wildman–Crippen LogP) is 2.90. The van der Waals surface area contributed by atoms with E-state index in [1.165, 1.54) is 19.3 Å². The zero-order chi connectivity index (χ0) is 9.78. The van der Waals surface area contributed by atoms with Crippen LogP contribution >= 0.6 is 0 Å². The number of hydrogen-bond donors (Lipinski definition) is 0. The first-order valence-electron chi connectivity index (χ1n) is 3.36. The zero-order valence-electron chi connectivity index (χ0n) is 6.98. The van der Waals surface area contributed by atoms with Crippen molar-refractivity contribution in [3.05, 3.63) is 24.5 Å². The van der Waals surface area contributed by atoms with Gasteiger partial charge in [0, 0.05) is 0 Å². The highest BCUT2D eigenvalue weighted by Gasteiger charge is 2.39. The number of alkyl halides is 3. The third-order valence-corrected chi connectivity index (χ3v) is 1.44. The van der Waals surface area contributed by atoms with Gasteiger partial charge in [0.1, 0.15) is 11.7 Å². The monoisotopic (exact) mass is 180 g/mol. The molecule has 0 fully saturated rings. The lowest BCUT2D eigenvalue weighted by Gasteiger charge is -2.17. The molecule has 1 unspecified atom stereocenters. The normalized spacial score (nSPS) is 15.6. The molecule has 0 rings (SSSR count). The van der Waals surface area contributed by atoms with Crippen LogP contribution < -0.4 is 0 Å². The Labute approximate surface area is 69.5 Å². The van der Waals surface area contributed by atoms with Crippen molar-refractivity contribution in [1.29, 1.82) is 0 Å². The second kappa shape index (κ2) is 4.18. The minimum atomic E-state index is -4.26. The molecule has 0 heterocycles. The largest absolute Gasteiger partial charge is 0.500 e. The van der Waals surface area contributed by atoms with E-state index in [-0.39, 0.29) is 5.76 Å². The van der Waals surface area contributed by atoms with Gasteiger partial charge in [-0.05, 0) is 13.0 Å². The fourth-order valence-corrected chi connectivity index (χ4v) is 0.667. The standard InChI is InChI=1S/C8H11F3O/c1-4-5-7(12-3)6(2)8(9,10)11/h4-6H,1H2,2-3H3/b7-5-. The number of allylic oxidation sites excluding steroid dienone is 3. The van der Waals surface area contributed by atoms with Crippen LogP contribution in [0.5, 0.6) is 0 Å². The molecular weight excluding hydrogens is 169 g/mol. The first-order chi connectivity index (χ1) is 5.43. The molecular formula is C8H11F3O. The van der Waals surface area contributed by atoms with E-state index in [4.69, 9.17) is 0 Å². The maximum Gasteiger partial charge on any atom is 0.398 e. The molecule has 0 amide bonds. The van der Waals surface area contributed by atoms with Gasteiger partial charge in [-0.2, -0.15) is 13.2 Å². The predicted molar refractivity (Wildman–Crippen MR) is 40.5 cm³/mol. The number of ether oxygens (including phenoxy) is 1. The maximum absolute atomic E-state index is 12.1. The molecule has 4 heteroatoms. The highest BCUT2D eigenvalue weighted by Crippen LogP contribution is 2.31. The van der Waals surface area contributed by atoms with Crippen molar-refractivity contribution in [3.63, 3.8) is 0 Å². The summed E-state index contributed by atoms with van der Waals surface area (Å²) in [5.41, 5.74) is 0. The first-order valence-corrected chi connectivity index (χ1v) is 3.36. The number of methoxy groups -OCH3 is 1. The van der Waals surface area contributed by atoms with Gasteiger partial charge in [0.05, 0.1) is 7.11 Å². The Kier molecular flexibility index (Phi) is 3.86. The fraction of sp³-hybridized carbons (Fsp3) is 0.500. The molecule has 0 saturated carbocycles. The van der Waals surface area contributed by atoms with Crippen LogP contribution in [-0.4, -0.2) is 13.3 Å². The summed E-state index contributed by atoms with van der Waals surface area (Å²) >= 11 is 0. The van der Waals surface area contributed by atoms with Crippen molar-refractivity contribution in [2.24, 2.45) is 5.92 Å². The van der Waals surface area contributed by atoms with Crippen LogP contribution in [0.25, 0.3) is 0 Å². The van der Waals surface area contributed by atoms with Crippen LogP contribution in [0.2, 0.25) is 0 Å². The van der Waals surface area contributed by atoms with Gasteiger partial charge in [-0.3, -0.25) is 0 Å². The Bertz CT molecular complexity index is 181. The van der Waals surface area contributed by atoms with E-state index in [1.807, 2.05) is 0 Å². The van der Waals surface area contributed by atoms with Gasteiger partial charge in [0.25, 0.3) is 0 Å². The third-order valence-electron chi connectivity index (χ3n) is 1.44. The highest BCUT2D eigenvalue weighted by molar-refractivity contribution is 5.08. The summed E-state index contributed by atoms with van der Waals surface area (Å²) in [5, 5.41) is 0. The average Bonchev–Trinajstić information content (AvgIpc) is 1.97. The minimum absolute atomic E-state index is 0.127. The van der Waals surface area contributed by atoms with E-state index in [9.17, 15) is 13.2 Å². The average molecular weight is 180 g/mol. The van der Waals surface area contributed by atoms with Crippen LogP contribution in [0.3, 0.4) is 0 Å². The second-order valence-electron chi connectivity index (χ2n) is 2.27. The summed E-state index contributed by atoms with van der Waals surface area (Å²) in [4.78, 5) is 0. The van der Waals surface area contributed by atoms with E-state index in [2.05, 4.69) is 11.3 Å². The van der Waals surface area contributed by atoms with Gasteiger partial charge in [-0.1, -0.05) is 12.7 Å². The molecule has 0 spiro atoms. The van der Waals surface area contributed by atoms with Crippen molar-refractivity contribution < 1.29 is 17.9 Å². The maximum atomic E-state index is 12.1. The summed E-state index contributed by atoms with van der Waals surface area (Å²) in [7, 11) is 1.21. The van der Waals surface area contributed by atoms with Gasteiger partial charge in [-0.25, -0.2) is 0 Å². The Hall–Kier alpha value is -0.930. The fourth-order valence-electron chi connectivity index (χ4n) is 0.667. The molecule has 12 heavy (non-hydrogen) atoms. The zero-order valence-corrected chi connectivity index (χ0v) is 6.98. The lowest BCUT2D eigenvalue weighted by molar-refractivity contribution is -0.167. The Balaban J connectivity index is 4.53. The molecule has 0 aliphatic rings. The molecule has 0 aliphatic heterocycles. The number of rotatable bonds is 3. The molecule has 1 nitrogen and oxygen atoms in total. The smallest absolute Gasteiger partial charge is 0.398 e. The summed E-state index contributed by atoms with van der Waals surface area (Å²) in [6, 6.07) is 0. The summed E-state index contributed by atoms with van der Waals surface area (Å²) < 4.78 is 40.7. The van der Waals surface area contributed by atoms with Crippen LogP contribution in [0.1, 0.15) is 6.92 Å². The topological polar surface area (TPSA) is 9.23 Å². The van der Waals surface area contributed by atoms with Crippen molar-refractivity contribution in [2.75, 3.05) is 7.11 Å². The Morgan fingerprint density at radius 2 is 2.00 bits per heavy atom. The molecule has 0 aromatic heterocycles. The van der Waals surface area contributed by atoms with E-state index in [1.54, 1.807) is 0 Å². The Morgan fingerprint density at radius 1 is 1.50 bits per heavy atom. The minimum Gasteiger partial charge on any atom is -0.500 e. The molecule has 0 radical (unpaired) electrons. The van der Waals surface area contributed by atoms with Crippen molar-refractivity contribution in [1.82, 2.24) is 0 Å². The van der Waals surface area contributed by atoms with Gasteiger partial charge < -0.3 is 4.74 Å². The van der Waals surface area contributed by atoms with E-state index in [0.717, 1.165) is 6.92 Å². The van der Waals surface area contributed by atoms with E-state index < -0.39 is 12.1 Å². The summed E-state index contributed by atoms with van der Waals surface area (Å²) in [6.07, 6.45) is -1.79. The first kappa shape index (κ1) is 11.1. The van der Waals surface area contributed by atoms with Crippen LogP contribution in [-0.2, 0) is 4.74 Å². The lowest BCUT2D eigenvalue weighted by atomic mass is 10.1. The van der Waals surface area contributed by atoms with Crippen LogP contribution in [0.4, 0.5) is 13.2 Å². The van der Waals surface area contributed by atoms with Crippen molar-refractivity contribution in [3.8, 4) is 0 Å². The van der Waals surface area contributed by atoms with Crippen molar-refractivity contribution in [2.45, 2.75) is 13.1 Å².